The summed E-state index contributed by atoms with van der Waals surface area (Å²) in [4.78, 5) is 11.6. The lowest BCUT2D eigenvalue weighted by molar-refractivity contribution is 0.0523. The second kappa shape index (κ2) is 4.52. The van der Waals surface area contributed by atoms with E-state index in [0.29, 0.717) is 5.92 Å². The second-order valence-electron chi connectivity index (χ2n) is 5.76. The van der Waals surface area contributed by atoms with Gasteiger partial charge >= 0.3 is 6.09 Å². The van der Waals surface area contributed by atoms with Gasteiger partial charge in [-0.2, -0.15) is 0 Å². The van der Waals surface area contributed by atoms with Crippen molar-refractivity contribution in [2.45, 2.75) is 44.8 Å². The van der Waals surface area contributed by atoms with Crippen molar-refractivity contribution in [2.24, 2.45) is 0 Å². The Kier molecular flexibility index (Phi) is 3.20. The van der Waals surface area contributed by atoms with E-state index < -0.39 is 5.60 Å². The molecule has 18 heavy (non-hydrogen) atoms. The van der Waals surface area contributed by atoms with Gasteiger partial charge < -0.3 is 15.8 Å². The number of anilines is 1. The van der Waals surface area contributed by atoms with Crippen molar-refractivity contribution in [2.75, 3.05) is 5.73 Å². The first-order valence-electron chi connectivity index (χ1n) is 6.20. The van der Waals surface area contributed by atoms with Gasteiger partial charge in [0.1, 0.15) is 5.60 Å². The van der Waals surface area contributed by atoms with Crippen LogP contribution in [0.15, 0.2) is 24.3 Å². The van der Waals surface area contributed by atoms with Crippen LogP contribution in [0.3, 0.4) is 0 Å². The number of hydrogen-bond donors (Lipinski definition) is 2. The zero-order valence-corrected chi connectivity index (χ0v) is 11.1. The average Bonchev–Trinajstić information content (AvgIpc) is 2.95. The highest BCUT2D eigenvalue weighted by atomic mass is 16.6. The molecule has 2 unspecified atom stereocenters. The Hall–Kier alpha value is -1.71. The molecule has 0 bridgehead atoms. The molecule has 0 radical (unpaired) electrons. The maximum absolute atomic E-state index is 11.6. The summed E-state index contributed by atoms with van der Waals surface area (Å²) in [6.07, 6.45) is 0.619. The van der Waals surface area contributed by atoms with Gasteiger partial charge in [0, 0.05) is 17.6 Å². The zero-order valence-electron chi connectivity index (χ0n) is 11.1. The molecule has 0 aromatic heterocycles. The Morgan fingerprint density at radius 2 is 1.94 bits per heavy atom. The van der Waals surface area contributed by atoms with E-state index in [1.807, 2.05) is 45.0 Å². The maximum Gasteiger partial charge on any atom is 0.407 e. The molecule has 1 amide bonds. The first-order chi connectivity index (χ1) is 8.35. The van der Waals surface area contributed by atoms with Crippen LogP contribution >= 0.6 is 0 Å². The number of alkyl carbamates (subject to hydrolysis) is 1. The van der Waals surface area contributed by atoms with E-state index in [-0.39, 0.29) is 12.1 Å². The highest BCUT2D eigenvalue weighted by molar-refractivity contribution is 5.69. The summed E-state index contributed by atoms with van der Waals surface area (Å²) < 4.78 is 5.22. The summed E-state index contributed by atoms with van der Waals surface area (Å²) in [7, 11) is 0. The molecule has 1 aliphatic rings. The summed E-state index contributed by atoms with van der Waals surface area (Å²) >= 11 is 0. The number of nitrogens with one attached hydrogen (secondary N) is 1. The lowest BCUT2D eigenvalue weighted by atomic mass is 10.1. The van der Waals surface area contributed by atoms with Crippen molar-refractivity contribution in [1.82, 2.24) is 5.32 Å². The predicted octanol–water partition coefficient (Wildman–Crippen LogP) is 2.65. The average molecular weight is 248 g/mol. The van der Waals surface area contributed by atoms with E-state index in [1.165, 1.54) is 5.56 Å². The molecule has 3 N–H and O–H groups in total. The van der Waals surface area contributed by atoms with Crippen LogP contribution < -0.4 is 11.1 Å². The molecule has 98 valence electrons. The smallest absolute Gasteiger partial charge is 0.407 e. The van der Waals surface area contributed by atoms with Gasteiger partial charge in [0.2, 0.25) is 0 Å². The number of amides is 1. The number of nitrogen functional groups attached to an aromatic ring is 1. The van der Waals surface area contributed by atoms with Crippen LogP contribution in [0.1, 0.15) is 38.7 Å². The molecule has 1 aromatic carbocycles. The Morgan fingerprint density at radius 1 is 1.33 bits per heavy atom. The second-order valence-corrected chi connectivity index (χ2v) is 5.76. The number of hydrogen-bond acceptors (Lipinski definition) is 3. The SMILES string of the molecule is CC(C)(C)OC(=O)NC1CC1c1ccc(N)cc1. The molecule has 0 aliphatic heterocycles. The third-order valence-electron chi connectivity index (χ3n) is 2.86. The summed E-state index contributed by atoms with van der Waals surface area (Å²) in [5, 5.41) is 2.88. The fourth-order valence-corrected chi connectivity index (χ4v) is 1.93. The highest BCUT2D eigenvalue weighted by Crippen LogP contribution is 2.41. The number of rotatable bonds is 2. The van der Waals surface area contributed by atoms with Gasteiger partial charge in [-0.25, -0.2) is 4.79 Å². The Balaban J connectivity index is 1.85. The summed E-state index contributed by atoms with van der Waals surface area (Å²) in [5.41, 5.74) is 7.17. The molecule has 1 saturated carbocycles. The number of benzene rings is 1. The van der Waals surface area contributed by atoms with E-state index in [0.717, 1.165) is 12.1 Å². The van der Waals surface area contributed by atoms with Gasteiger partial charge in [0.15, 0.2) is 0 Å². The Labute approximate surface area is 108 Å². The molecule has 1 aliphatic carbocycles. The van der Waals surface area contributed by atoms with Crippen molar-refractivity contribution < 1.29 is 9.53 Å². The molecular formula is C14H20N2O2. The normalized spacial score (nSPS) is 22.4. The van der Waals surface area contributed by atoms with Crippen LogP contribution in [-0.4, -0.2) is 17.7 Å². The minimum Gasteiger partial charge on any atom is -0.444 e. The highest BCUT2D eigenvalue weighted by Gasteiger charge is 2.40. The third kappa shape index (κ3) is 3.39. The standard InChI is InChI=1S/C14H20N2O2/c1-14(2,3)18-13(17)16-12-8-11(12)9-4-6-10(15)7-5-9/h4-7,11-12H,8,15H2,1-3H3,(H,16,17). The van der Waals surface area contributed by atoms with Crippen LogP contribution in [0.4, 0.5) is 10.5 Å². The Morgan fingerprint density at radius 3 is 2.50 bits per heavy atom. The summed E-state index contributed by atoms with van der Waals surface area (Å²) in [5.74, 6) is 0.387. The molecule has 4 heteroatoms. The quantitative estimate of drug-likeness (QED) is 0.791. The fraction of sp³-hybridized carbons (Fsp3) is 0.500. The van der Waals surface area contributed by atoms with Crippen LogP contribution in [-0.2, 0) is 4.74 Å². The van der Waals surface area contributed by atoms with Gasteiger partial charge in [0.05, 0.1) is 0 Å². The van der Waals surface area contributed by atoms with Crippen molar-refractivity contribution in [3.05, 3.63) is 29.8 Å². The third-order valence-corrected chi connectivity index (χ3v) is 2.86. The maximum atomic E-state index is 11.6. The van der Waals surface area contributed by atoms with Crippen molar-refractivity contribution in [1.29, 1.82) is 0 Å². The largest absolute Gasteiger partial charge is 0.444 e. The number of ether oxygens (including phenoxy) is 1. The first-order valence-corrected chi connectivity index (χ1v) is 6.20. The molecule has 2 rings (SSSR count). The van der Waals surface area contributed by atoms with E-state index in [1.54, 1.807) is 0 Å². The molecule has 4 nitrogen and oxygen atoms in total. The van der Waals surface area contributed by atoms with E-state index in [9.17, 15) is 4.79 Å². The zero-order chi connectivity index (χ0) is 13.3. The van der Waals surface area contributed by atoms with Crippen LogP contribution in [0.25, 0.3) is 0 Å². The van der Waals surface area contributed by atoms with Gasteiger partial charge in [-0.05, 0) is 44.9 Å². The van der Waals surface area contributed by atoms with E-state index in [4.69, 9.17) is 10.5 Å². The monoisotopic (exact) mass is 248 g/mol. The van der Waals surface area contributed by atoms with E-state index in [2.05, 4.69) is 5.32 Å². The number of carbonyl (C=O) groups excluding carboxylic acids is 1. The molecule has 0 heterocycles. The van der Waals surface area contributed by atoms with Gasteiger partial charge in [-0.3, -0.25) is 0 Å². The molecule has 1 fully saturated rings. The van der Waals surface area contributed by atoms with Crippen molar-refractivity contribution >= 4 is 11.8 Å². The van der Waals surface area contributed by atoms with Crippen molar-refractivity contribution in [3.63, 3.8) is 0 Å². The molecule has 1 aromatic rings. The molecule has 0 saturated heterocycles. The van der Waals surface area contributed by atoms with Crippen LogP contribution in [0.2, 0.25) is 0 Å². The molecular weight excluding hydrogens is 228 g/mol. The minimum absolute atomic E-state index is 0.184. The van der Waals surface area contributed by atoms with Gasteiger partial charge in [-0.15, -0.1) is 0 Å². The topological polar surface area (TPSA) is 64.3 Å². The number of carbonyl (C=O) groups is 1. The molecule has 2 atom stereocenters. The van der Waals surface area contributed by atoms with Crippen molar-refractivity contribution in [3.8, 4) is 0 Å². The Bertz CT molecular complexity index is 434. The summed E-state index contributed by atoms with van der Waals surface area (Å²) in [6, 6.07) is 7.98. The predicted molar refractivity (Wildman–Crippen MR) is 71.4 cm³/mol. The van der Waals surface area contributed by atoms with Crippen LogP contribution in [0, 0.1) is 0 Å². The summed E-state index contributed by atoms with van der Waals surface area (Å²) in [6.45, 7) is 5.57. The lowest BCUT2D eigenvalue weighted by Gasteiger charge is -2.19. The fourth-order valence-electron chi connectivity index (χ4n) is 1.93. The van der Waals surface area contributed by atoms with Gasteiger partial charge in [-0.1, -0.05) is 12.1 Å². The number of nitrogens with two attached hydrogens (primary N) is 1. The van der Waals surface area contributed by atoms with Gasteiger partial charge in [0.25, 0.3) is 0 Å². The van der Waals surface area contributed by atoms with Crippen LogP contribution in [0.5, 0.6) is 0 Å². The van der Waals surface area contributed by atoms with E-state index >= 15 is 0 Å². The minimum atomic E-state index is -0.449. The lowest BCUT2D eigenvalue weighted by Crippen LogP contribution is -2.34. The molecule has 0 spiro atoms. The first kappa shape index (κ1) is 12.7.